The zero-order valence-corrected chi connectivity index (χ0v) is 22.8. The van der Waals surface area contributed by atoms with E-state index in [1.807, 2.05) is 6.07 Å². The van der Waals surface area contributed by atoms with Crippen LogP contribution in [-0.2, 0) is 18.0 Å². The number of halogens is 3. The Morgan fingerprint density at radius 1 is 0.925 bits per heavy atom. The number of ether oxygens (including phenoxy) is 3. The van der Waals surface area contributed by atoms with Gasteiger partial charge in [-0.15, -0.1) is 0 Å². The lowest BCUT2D eigenvalue weighted by molar-refractivity contribution is -0.112. The third-order valence-corrected chi connectivity index (χ3v) is 6.28. The third-order valence-electron chi connectivity index (χ3n) is 5.69. The molecule has 0 spiro atoms. The van der Waals surface area contributed by atoms with Crippen molar-refractivity contribution in [3.05, 3.63) is 123 Å². The lowest BCUT2D eigenvalue weighted by Crippen LogP contribution is -2.13. The van der Waals surface area contributed by atoms with Crippen molar-refractivity contribution in [2.24, 2.45) is 0 Å². The molecule has 0 aromatic heterocycles. The molecule has 0 radical (unpaired) electrons. The number of carbonyl (C=O) groups excluding carboxylic acids is 1. The molecule has 0 atom stereocenters. The number of nitrogens with one attached hydrogen (secondary N) is 1. The quantitative estimate of drug-likeness (QED) is 0.153. The van der Waals surface area contributed by atoms with Gasteiger partial charge in [0.1, 0.15) is 36.4 Å². The molecule has 0 saturated heterocycles. The van der Waals surface area contributed by atoms with E-state index >= 15 is 0 Å². The van der Waals surface area contributed by atoms with Crippen molar-refractivity contribution < 1.29 is 23.4 Å². The fraction of sp³-hybridized carbons (Fsp3) is 0.0968. The Kier molecular flexibility index (Phi) is 9.63. The van der Waals surface area contributed by atoms with Crippen molar-refractivity contribution in [2.45, 2.75) is 13.2 Å². The van der Waals surface area contributed by atoms with Crippen molar-refractivity contribution in [3.8, 4) is 23.3 Å². The number of anilines is 1. The average molecular weight is 577 g/mol. The van der Waals surface area contributed by atoms with E-state index in [2.05, 4.69) is 5.32 Å². The molecule has 0 aliphatic carbocycles. The Labute approximate surface area is 241 Å². The smallest absolute Gasteiger partial charge is 0.266 e. The molecule has 4 aromatic rings. The first-order valence-electron chi connectivity index (χ1n) is 12.0. The zero-order valence-electron chi connectivity index (χ0n) is 21.3. The number of nitrogens with zero attached hydrogens (tertiary/aromatic N) is 1. The largest absolute Gasteiger partial charge is 0.493 e. The van der Waals surface area contributed by atoms with Gasteiger partial charge in [0.25, 0.3) is 5.91 Å². The van der Waals surface area contributed by atoms with Crippen molar-refractivity contribution in [2.75, 3.05) is 12.4 Å². The van der Waals surface area contributed by atoms with Crippen molar-refractivity contribution in [1.29, 1.82) is 5.26 Å². The van der Waals surface area contributed by atoms with Gasteiger partial charge in [0.15, 0.2) is 11.5 Å². The zero-order chi connectivity index (χ0) is 28.5. The molecule has 202 valence electrons. The summed E-state index contributed by atoms with van der Waals surface area (Å²) in [7, 11) is 1.49. The molecule has 40 heavy (non-hydrogen) atoms. The van der Waals surface area contributed by atoms with E-state index in [9.17, 15) is 14.4 Å². The molecule has 1 N–H and O–H groups in total. The van der Waals surface area contributed by atoms with Crippen LogP contribution in [0.2, 0.25) is 10.0 Å². The molecule has 0 fully saturated rings. The summed E-state index contributed by atoms with van der Waals surface area (Å²) in [5, 5.41) is 13.4. The predicted molar refractivity (Wildman–Crippen MR) is 153 cm³/mol. The van der Waals surface area contributed by atoms with Gasteiger partial charge in [-0.1, -0.05) is 47.5 Å². The van der Waals surface area contributed by atoms with Gasteiger partial charge in [0.2, 0.25) is 0 Å². The topological polar surface area (TPSA) is 80.6 Å². The fourth-order valence-corrected chi connectivity index (χ4v) is 4.05. The first-order chi connectivity index (χ1) is 19.3. The molecule has 4 aromatic carbocycles. The number of rotatable bonds is 10. The van der Waals surface area contributed by atoms with E-state index in [-0.39, 0.29) is 24.6 Å². The number of methoxy groups -OCH3 is 1. The Morgan fingerprint density at radius 3 is 2.35 bits per heavy atom. The van der Waals surface area contributed by atoms with Crippen LogP contribution in [0.4, 0.5) is 10.1 Å². The van der Waals surface area contributed by atoms with Gasteiger partial charge in [-0.2, -0.15) is 5.26 Å². The standard InChI is InChI=1S/C31H23Cl2FN2O4/c1-38-30-15-21(4-13-29(30)40-18-20-2-7-25(34)8-3-20)14-23(17-35)31(37)36-26-9-11-27(12-10-26)39-19-22-5-6-24(32)16-28(22)33/h2-16H,18-19H2,1H3,(H,36,37)/b23-14+. The molecule has 1 amide bonds. The molecule has 4 rings (SSSR count). The lowest BCUT2D eigenvalue weighted by Gasteiger charge is -2.12. The Bertz CT molecular complexity index is 1570. The first kappa shape index (κ1) is 28.5. The highest BCUT2D eigenvalue weighted by molar-refractivity contribution is 6.35. The van der Waals surface area contributed by atoms with Crippen molar-refractivity contribution >= 4 is 40.9 Å². The van der Waals surface area contributed by atoms with Gasteiger partial charge in [-0.05, 0) is 77.9 Å². The highest BCUT2D eigenvalue weighted by Crippen LogP contribution is 2.30. The van der Waals surface area contributed by atoms with Crippen LogP contribution in [-0.4, -0.2) is 13.0 Å². The maximum absolute atomic E-state index is 13.1. The number of benzene rings is 4. The second kappa shape index (κ2) is 13.5. The van der Waals surface area contributed by atoms with Crippen molar-refractivity contribution in [3.63, 3.8) is 0 Å². The molecule has 0 unspecified atom stereocenters. The predicted octanol–water partition coefficient (Wildman–Crippen LogP) is 7.84. The average Bonchev–Trinajstić information content (AvgIpc) is 2.96. The van der Waals surface area contributed by atoms with Gasteiger partial charge in [0.05, 0.1) is 7.11 Å². The lowest BCUT2D eigenvalue weighted by atomic mass is 10.1. The molecule has 0 bridgehead atoms. The maximum atomic E-state index is 13.1. The first-order valence-corrected chi connectivity index (χ1v) is 12.8. The van der Waals surface area contributed by atoms with Gasteiger partial charge < -0.3 is 19.5 Å². The van der Waals surface area contributed by atoms with Gasteiger partial charge >= 0.3 is 0 Å². The summed E-state index contributed by atoms with van der Waals surface area (Å²) >= 11 is 12.1. The van der Waals surface area contributed by atoms with Crippen LogP contribution >= 0.6 is 23.2 Å². The van der Waals surface area contributed by atoms with Gasteiger partial charge in [0, 0.05) is 21.3 Å². The van der Waals surface area contributed by atoms with Crippen LogP contribution in [0.3, 0.4) is 0 Å². The van der Waals surface area contributed by atoms with E-state index in [1.54, 1.807) is 72.8 Å². The molecule has 9 heteroatoms. The van der Waals surface area contributed by atoms with Crippen LogP contribution < -0.4 is 19.5 Å². The summed E-state index contributed by atoms with van der Waals surface area (Å²) < 4.78 is 30.1. The number of nitriles is 1. The van der Waals surface area contributed by atoms with Gasteiger partial charge in [-0.25, -0.2) is 4.39 Å². The van der Waals surface area contributed by atoms with E-state index < -0.39 is 5.91 Å². The van der Waals surface area contributed by atoms with Crippen LogP contribution in [0.25, 0.3) is 6.08 Å². The molecule has 0 heterocycles. The summed E-state index contributed by atoms with van der Waals surface area (Å²) in [6, 6.07) is 24.9. The van der Waals surface area contributed by atoms with Crippen LogP contribution in [0.1, 0.15) is 16.7 Å². The molecule has 0 aliphatic rings. The number of carbonyl (C=O) groups is 1. The second-order valence-corrected chi connectivity index (χ2v) is 9.34. The van der Waals surface area contributed by atoms with E-state index in [4.69, 9.17) is 37.4 Å². The second-order valence-electron chi connectivity index (χ2n) is 8.50. The summed E-state index contributed by atoms with van der Waals surface area (Å²) in [5.74, 6) is 0.571. The number of amides is 1. The minimum Gasteiger partial charge on any atom is -0.493 e. The summed E-state index contributed by atoms with van der Waals surface area (Å²) in [6.07, 6.45) is 1.45. The minimum absolute atomic E-state index is 0.0975. The number of hydrogen-bond donors (Lipinski definition) is 1. The van der Waals surface area contributed by atoms with E-state index in [1.165, 1.54) is 25.3 Å². The van der Waals surface area contributed by atoms with Crippen LogP contribution in [0.5, 0.6) is 17.2 Å². The normalized spacial score (nSPS) is 10.9. The summed E-state index contributed by atoms with van der Waals surface area (Å²) in [6.45, 7) is 0.471. The molecule has 6 nitrogen and oxygen atoms in total. The molecular formula is C31H23Cl2FN2O4. The van der Waals surface area contributed by atoms with Crippen molar-refractivity contribution in [1.82, 2.24) is 0 Å². The molecular weight excluding hydrogens is 554 g/mol. The summed E-state index contributed by atoms with van der Waals surface area (Å²) in [4.78, 5) is 12.8. The molecule has 0 saturated carbocycles. The Hall–Kier alpha value is -4.51. The highest BCUT2D eigenvalue weighted by Gasteiger charge is 2.12. The van der Waals surface area contributed by atoms with Crippen LogP contribution in [0, 0.1) is 17.1 Å². The van der Waals surface area contributed by atoms with Gasteiger partial charge in [-0.3, -0.25) is 4.79 Å². The Morgan fingerprint density at radius 2 is 1.68 bits per heavy atom. The summed E-state index contributed by atoms with van der Waals surface area (Å²) in [5.41, 5.74) is 2.55. The van der Waals surface area contributed by atoms with Crippen LogP contribution in [0.15, 0.2) is 90.5 Å². The Balaban J connectivity index is 1.37. The fourth-order valence-electron chi connectivity index (χ4n) is 3.58. The van der Waals surface area contributed by atoms with E-state index in [0.29, 0.717) is 38.5 Å². The molecule has 0 aliphatic heterocycles. The minimum atomic E-state index is -0.570. The third kappa shape index (κ3) is 7.76. The maximum Gasteiger partial charge on any atom is 0.266 e. The number of hydrogen-bond acceptors (Lipinski definition) is 5. The monoisotopic (exact) mass is 576 g/mol. The van der Waals surface area contributed by atoms with E-state index in [0.717, 1.165) is 11.1 Å². The SMILES string of the molecule is COc1cc(/C=C(\C#N)C(=O)Nc2ccc(OCc3ccc(Cl)cc3Cl)cc2)ccc1OCc1ccc(F)cc1. The highest BCUT2D eigenvalue weighted by atomic mass is 35.5.